The summed E-state index contributed by atoms with van der Waals surface area (Å²) in [4.78, 5) is 16.4. The Kier molecular flexibility index (Phi) is 4.08. The van der Waals surface area contributed by atoms with Gasteiger partial charge in [-0.25, -0.2) is 4.98 Å². The van der Waals surface area contributed by atoms with E-state index in [1.807, 2.05) is 6.20 Å². The molecule has 2 aromatic rings. The number of thiazole rings is 1. The van der Waals surface area contributed by atoms with Crippen LogP contribution in [0.4, 0.5) is 5.69 Å². The van der Waals surface area contributed by atoms with Crippen LogP contribution in [0, 0.1) is 0 Å². The van der Waals surface area contributed by atoms with Crippen LogP contribution in [0.3, 0.4) is 0 Å². The van der Waals surface area contributed by atoms with Crippen LogP contribution in [0.25, 0.3) is 0 Å². The molecular formula is C13H19N5OS. The van der Waals surface area contributed by atoms with E-state index >= 15 is 0 Å². The van der Waals surface area contributed by atoms with Gasteiger partial charge in [-0.15, -0.1) is 11.3 Å². The van der Waals surface area contributed by atoms with E-state index in [0.717, 1.165) is 15.6 Å². The molecule has 0 aliphatic heterocycles. The summed E-state index contributed by atoms with van der Waals surface area (Å²) in [5.74, 6) is -0.406. The number of nitrogens with two attached hydrogens (primary N) is 1. The lowest BCUT2D eigenvalue weighted by Gasteiger charge is -2.13. The highest BCUT2D eigenvalue weighted by Gasteiger charge is 2.17. The average Bonchev–Trinajstić information content (AvgIpc) is 2.93. The maximum absolute atomic E-state index is 10.8. The van der Waals surface area contributed by atoms with Crippen molar-refractivity contribution < 1.29 is 4.79 Å². The zero-order chi connectivity index (χ0) is 14.8. The van der Waals surface area contributed by atoms with Gasteiger partial charge in [0.05, 0.1) is 23.4 Å². The Morgan fingerprint density at radius 2 is 2.20 bits per heavy atom. The quantitative estimate of drug-likeness (QED) is 0.879. The van der Waals surface area contributed by atoms with Gasteiger partial charge < -0.3 is 11.1 Å². The number of rotatable bonds is 5. The first kappa shape index (κ1) is 14.5. The number of amides is 1. The molecule has 0 aromatic carbocycles. The third-order valence-corrected chi connectivity index (χ3v) is 4.04. The normalized spacial score (nSPS) is 11.6. The van der Waals surface area contributed by atoms with Crippen LogP contribution in [-0.2, 0) is 23.3 Å². The second kappa shape index (κ2) is 5.62. The summed E-state index contributed by atoms with van der Waals surface area (Å²) < 4.78 is 1.51. The highest BCUT2D eigenvalue weighted by atomic mass is 32.1. The molecule has 3 N–H and O–H groups in total. The summed E-state index contributed by atoms with van der Waals surface area (Å²) >= 11 is 1.70. The van der Waals surface area contributed by atoms with E-state index < -0.39 is 5.91 Å². The second-order valence-electron chi connectivity index (χ2n) is 5.63. The zero-order valence-electron chi connectivity index (χ0n) is 11.9. The van der Waals surface area contributed by atoms with E-state index in [0.29, 0.717) is 6.54 Å². The van der Waals surface area contributed by atoms with Crippen molar-refractivity contribution in [3.63, 3.8) is 0 Å². The number of nitrogens with one attached hydrogen (secondary N) is 1. The predicted octanol–water partition coefficient (Wildman–Crippen LogP) is 1.73. The fourth-order valence-electron chi connectivity index (χ4n) is 1.63. The van der Waals surface area contributed by atoms with Crippen LogP contribution < -0.4 is 11.1 Å². The lowest BCUT2D eigenvalue weighted by Crippen LogP contribution is -2.18. The van der Waals surface area contributed by atoms with Gasteiger partial charge in [0, 0.05) is 22.7 Å². The van der Waals surface area contributed by atoms with Gasteiger partial charge in [0.2, 0.25) is 5.91 Å². The van der Waals surface area contributed by atoms with Crippen LogP contribution in [0.15, 0.2) is 18.6 Å². The molecule has 2 rings (SSSR count). The molecule has 108 valence electrons. The van der Waals surface area contributed by atoms with E-state index in [2.05, 4.69) is 36.2 Å². The van der Waals surface area contributed by atoms with E-state index in [1.165, 1.54) is 4.68 Å². The SMILES string of the molecule is CC(C)(C)c1ncc(CNc2cnn(CC(N)=O)c2)s1. The highest BCUT2D eigenvalue weighted by molar-refractivity contribution is 7.11. The number of aromatic nitrogens is 3. The van der Waals surface area contributed by atoms with Gasteiger partial charge in [0.25, 0.3) is 0 Å². The predicted molar refractivity (Wildman–Crippen MR) is 79.6 cm³/mol. The van der Waals surface area contributed by atoms with Gasteiger partial charge in [-0.2, -0.15) is 5.10 Å². The summed E-state index contributed by atoms with van der Waals surface area (Å²) in [6.07, 6.45) is 5.33. The lowest BCUT2D eigenvalue weighted by molar-refractivity contribution is -0.118. The molecule has 2 aromatic heterocycles. The van der Waals surface area contributed by atoms with Crippen molar-refractivity contribution >= 4 is 22.9 Å². The maximum atomic E-state index is 10.8. The molecule has 0 fully saturated rings. The van der Waals surface area contributed by atoms with Gasteiger partial charge in [-0.05, 0) is 0 Å². The number of primary amides is 1. The monoisotopic (exact) mass is 293 g/mol. The zero-order valence-corrected chi connectivity index (χ0v) is 12.7. The topological polar surface area (TPSA) is 85.8 Å². The molecule has 0 unspecified atom stereocenters. The molecule has 7 heteroatoms. The smallest absolute Gasteiger partial charge is 0.239 e. The van der Waals surface area contributed by atoms with Crippen molar-refractivity contribution in [2.45, 2.75) is 39.3 Å². The van der Waals surface area contributed by atoms with E-state index in [4.69, 9.17) is 5.73 Å². The molecule has 0 spiro atoms. The fraction of sp³-hybridized carbons (Fsp3) is 0.462. The van der Waals surface area contributed by atoms with Crippen LogP contribution in [0.2, 0.25) is 0 Å². The van der Waals surface area contributed by atoms with Crippen molar-refractivity contribution in [1.82, 2.24) is 14.8 Å². The Labute approximate surface area is 122 Å². The van der Waals surface area contributed by atoms with Gasteiger partial charge in [-0.1, -0.05) is 20.8 Å². The van der Waals surface area contributed by atoms with E-state index in [9.17, 15) is 4.79 Å². The third-order valence-electron chi connectivity index (χ3n) is 2.61. The number of anilines is 1. The van der Waals surface area contributed by atoms with Crippen molar-refractivity contribution in [3.8, 4) is 0 Å². The summed E-state index contributed by atoms with van der Waals surface area (Å²) in [6.45, 7) is 7.23. The third kappa shape index (κ3) is 3.80. The Hall–Kier alpha value is -1.89. The standard InChI is InChI=1S/C13H19N5OS/c1-13(2,3)12-16-6-10(20-12)5-15-9-4-17-18(7-9)8-11(14)19/h4,6-7,15H,5,8H2,1-3H3,(H2,14,19). The first-order chi connectivity index (χ1) is 9.34. The molecule has 2 heterocycles. The maximum Gasteiger partial charge on any atom is 0.239 e. The number of hydrogen-bond acceptors (Lipinski definition) is 5. The number of carbonyl (C=O) groups excluding carboxylic acids is 1. The molecule has 20 heavy (non-hydrogen) atoms. The fourth-order valence-corrected chi connectivity index (χ4v) is 2.54. The molecule has 0 saturated carbocycles. The van der Waals surface area contributed by atoms with Crippen molar-refractivity contribution in [2.24, 2.45) is 5.73 Å². The van der Waals surface area contributed by atoms with Crippen molar-refractivity contribution in [3.05, 3.63) is 28.5 Å². The Morgan fingerprint density at radius 3 is 2.80 bits per heavy atom. The molecule has 0 atom stereocenters. The Balaban J connectivity index is 1.93. The second-order valence-corrected chi connectivity index (χ2v) is 6.74. The number of hydrogen-bond donors (Lipinski definition) is 2. The summed E-state index contributed by atoms with van der Waals surface area (Å²) in [6, 6.07) is 0. The van der Waals surface area contributed by atoms with Gasteiger partial charge in [-0.3, -0.25) is 9.48 Å². The number of nitrogens with zero attached hydrogens (tertiary/aromatic N) is 3. The molecular weight excluding hydrogens is 274 g/mol. The van der Waals surface area contributed by atoms with Crippen molar-refractivity contribution in [1.29, 1.82) is 0 Å². The van der Waals surface area contributed by atoms with Crippen molar-refractivity contribution in [2.75, 3.05) is 5.32 Å². The van der Waals surface area contributed by atoms with Crippen LogP contribution >= 0.6 is 11.3 Å². The molecule has 6 nitrogen and oxygen atoms in total. The first-order valence-corrected chi connectivity index (χ1v) is 7.16. The molecule has 0 saturated heterocycles. The minimum atomic E-state index is -0.406. The lowest BCUT2D eigenvalue weighted by atomic mass is 9.98. The molecule has 1 amide bonds. The Bertz CT molecular complexity index is 596. The number of carbonyl (C=O) groups is 1. The minimum absolute atomic E-state index is 0.0787. The highest BCUT2D eigenvalue weighted by Crippen LogP contribution is 2.27. The summed E-state index contributed by atoms with van der Waals surface area (Å²) in [7, 11) is 0. The summed E-state index contributed by atoms with van der Waals surface area (Å²) in [5, 5.41) is 8.43. The molecule has 0 radical (unpaired) electrons. The van der Waals surface area contributed by atoms with E-state index in [-0.39, 0.29) is 12.0 Å². The van der Waals surface area contributed by atoms with Crippen LogP contribution in [0.1, 0.15) is 30.7 Å². The van der Waals surface area contributed by atoms with Gasteiger partial charge in [0.1, 0.15) is 6.54 Å². The van der Waals surface area contributed by atoms with Crippen LogP contribution in [0.5, 0.6) is 0 Å². The molecule has 0 aliphatic carbocycles. The van der Waals surface area contributed by atoms with Gasteiger partial charge >= 0.3 is 0 Å². The Morgan fingerprint density at radius 1 is 1.45 bits per heavy atom. The molecule has 0 bridgehead atoms. The minimum Gasteiger partial charge on any atom is -0.378 e. The van der Waals surface area contributed by atoms with E-state index in [1.54, 1.807) is 23.7 Å². The van der Waals surface area contributed by atoms with Gasteiger partial charge in [0.15, 0.2) is 0 Å². The average molecular weight is 293 g/mol. The first-order valence-electron chi connectivity index (χ1n) is 6.34. The molecule has 0 aliphatic rings. The summed E-state index contributed by atoms with van der Waals surface area (Å²) in [5.41, 5.74) is 6.05. The van der Waals surface area contributed by atoms with Crippen LogP contribution in [-0.4, -0.2) is 20.7 Å². The largest absolute Gasteiger partial charge is 0.378 e.